The zero-order valence-corrected chi connectivity index (χ0v) is 9.24. The lowest BCUT2D eigenvalue weighted by atomic mass is 10.4. The van der Waals surface area contributed by atoms with E-state index < -0.39 is 11.1 Å². The Hall–Kier alpha value is 0.290. The van der Waals surface area contributed by atoms with E-state index in [1.54, 1.807) is 18.2 Å². The van der Waals surface area contributed by atoms with Gasteiger partial charge in [0.25, 0.3) is 0 Å². The third kappa shape index (κ3) is 2.66. The molecule has 1 aromatic rings. The molecule has 0 spiro atoms. The van der Waals surface area contributed by atoms with Crippen LogP contribution in [0.2, 0.25) is 0 Å². The Morgan fingerprint density at radius 3 is 2.00 bits per heavy atom. The monoisotopic (exact) mass is 298 g/mol. The van der Waals surface area contributed by atoms with Crippen LogP contribution in [0, 0.1) is 0 Å². The maximum absolute atomic E-state index is 10.6. The summed E-state index contributed by atoms with van der Waals surface area (Å²) in [5, 5.41) is 0. The summed E-state index contributed by atoms with van der Waals surface area (Å²) in [6.45, 7) is 0. The first-order valence-electron chi connectivity index (χ1n) is 2.66. The molecule has 0 aliphatic carbocycles. The molecule has 11 heavy (non-hydrogen) atoms. The van der Waals surface area contributed by atoms with Crippen LogP contribution in [0.15, 0.2) is 32.0 Å². The van der Waals surface area contributed by atoms with Crippen molar-refractivity contribution in [1.82, 2.24) is 0 Å². The molecule has 0 saturated carbocycles. The zero-order valence-electron chi connectivity index (χ0n) is 5.25. The van der Waals surface area contributed by atoms with Gasteiger partial charge in [0.05, 0.1) is 4.90 Å². The molecule has 0 radical (unpaired) electrons. The molecule has 1 N–H and O–H groups in total. The van der Waals surface area contributed by atoms with Gasteiger partial charge in [-0.05, 0) is 18.2 Å². The Balaban J connectivity index is 3.19. The second kappa shape index (κ2) is 3.80. The van der Waals surface area contributed by atoms with Crippen LogP contribution in [0.4, 0.5) is 0 Å². The van der Waals surface area contributed by atoms with Crippen LogP contribution in [0.25, 0.3) is 0 Å². The summed E-state index contributed by atoms with van der Waals surface area (Å²) < 4.78 is 20.8. The van der Waals surface area contributed by atoms with Gasteiger partial charge in [0.15, 0.2) is 11.1 Å². The van der Waals surface area contributed by atoms with Crippen molar-refractivity contribution in [2.24, 2.45) is 0 Å². The lowest BCUT2D eigenvalue weighted by Gasteiger charge is -1.96. The Morgan fingerprint density at radius 2 is 1.64 bits per heavy atom. The van der Waals surface area contributed by atoms with Gasteiger partial charge >= 0.3 is 0 Å². The number of benzene rings is 1. The second-order valence-corrected chi connectivity index (χ2v) is 4.66. The van der Waals surface area contributed by atoms with Gasteiger partial charge in [0.2, 0.25) is 0 Å². The van der Waals surface area contributed by atoms with Crippen LogP contribution in [0.1, 0.15) is 0 Å². The second-order valence-electron chi connectivity index (χ2n) is 1.85. The fourth-order valence-corrected chi connectivity index (χ4v) is 2.68. The van der Waals surface area contributed by atoms with Crippen LogP contribution in [0.5, 0.6) is 0 Å². The first kappa shape index (κ1) is 9.38. The molecule has 60 valence electrons. The van der Waals surface area contributed by atoms with Crippen molar-refractivity contribution >= 4 is 42.9 Å². The first-order chi connectivity index (χ1) is 5.09. The minimum absolute atomic E-state index is 0.381. The molecule has 2 nitrogen and oxygen atoms in total. The summed E-state index contributed by atoms with van der Waals surface area (Å²) in [4.78, 5) is 0.381. The molecule has 0 aromatic heterocycles. The van der Waals surface area contributed by atoms with Crippen molar-refractivity contribution in [2.45, 2.75) is 4.90 Å². The molecule has 0 amide bonds. The maximum atomic E-state index is 10.6. The van der Waals surface area contributed by atoms with E-state index in [1.807, 2.05) is 0 Å². The average Bonchev–Trinajstić information content (AvgIpc) is 1.85. The Morgan fingerprint density at radius 1 is 1.18 bits per heavy atom. The van der Waals surface area contributed by atoms with Crippen molar-refractivity contribution in [3.8, 4) is 0 Å². The zero-order chi connectivity index (χ0) is 8.43. The quantitative estimate of drug-likeness (QED) is 0.810. The van der Waals surface area contributed by atoms with Gasteiger partial charge < -0.3 is 4.55 Å². The average molecular weight is 300 g/mol. The third-order valence-corrected chi connectivity index (χ3v) is 2.59. The summed E-state index contributed by atoms with van der Waals surface area (Å²) in [6, 6.07) is 5.00. The van der Waals surface area contributed by atoms with Crippen molar-refractivity contribution in [3.05, 3.63) is 27.1 Å². The summed E-state index contributed by atoms with van der Waals surface area (Å²) in [6.07, 6.45) is 0. The van der Waals surface area contributed by atoms with Crippen molar-refractivity contribution < 1.29 is 8.76 Å². The minimum atomic E-state index is -1.91. The molecular formula is C6H4Br2O2S. The molecule has 1 aromatic carbocycles. The highest BCUT2D eigenvalue weighted by atomic mass is 79.9. The fraction of sp³-hybridized carbons (Fsp3) is 0. The fourth-order valence-electron chi connectivity index (χ4n) is 0.629. The first-order valence-corrected chi connectivity index (χ1v) is 5.36. The van der Waals surface area contributed by atoms with Gasteiger partial charge in [-0.2, -0.15) is 0 Å². The predicted molar refractivity (Wildman–Crippen MR) is 50.9 cm³/mol. The van der Waals surface area contributed by atoms with E-state index in [-0.39, 0.29) is 0 Å². The normalized spacial score (nSPS) is 13.0. The highest BCUT2D eigenvalue weighted by Gasteiger charge is 2.01. The molecule has 1 rings (SSSR count). The molecule has 0 aliphatic rings. The molecule has 0 aliphatic heterocycles. The van der Waals surface area contributed by atoms with Crippen molar-refractivity contribution in [3.63, 3.8) is 0 Å². The van der Waals surface area contributed by atoms with E-state index >= 15 is 0 Å². The largest absolute Gasteiger partial charge is 0.302 e. The van der Waals surface area contributed by atoms with Gasteiger partial charge in [0, 0.05) is 8.95 Å². The molecule has 0 bridgehead atoms. The molecule has 5 heteroatoms. The topological polar surface area (TPSA) is 37.3 Å². The van der Waals surface area contributed by atoms with Gasteiger partial charge in [-0.25, -0.2) is 4.21 Å². The van der Waals surface area contributed by atoms with E-state index in [1.165, 1.54) is 0 Å². The van der Waals surface area contributed by atoms with E-state index in [4.69, 9.17) is 4.55 Å². The summed E-state index contributed by atoms with van der Waals surface area (Å²) in [5.74, 6) is 0. The molecular weight excluding hydrogens is 296 g/mol. The van der Waals surface area contributed by atoms with Gasteiger partial charge in [0.1, 0.15) is 0 Å². The molecule has 0 saturated heterocycles. The third-order valence-electron chi connectivity index (χ3n) is 1.04. The standard InChI is InChI=1S/C6H4Br2O2S/c7-4-1-5(8)3-6(2-4)11(9)10/h1-3H,(H,9,10). The lowest BCUT2D eigenvalue weighted by Crippen LogP contribution is -1.87. The lowest BCUT2D eigenvalue weighted by molar-refractivity contribution is 0.564. The van der Waals surface area contributed by atoms with Crippen LogP contribution >= 0.6 is 31.9 Å². The van der Waals surface area contributed by atoms with E-state index in [2.05, 4.69) is 31.9 Å². The molecule has 1 atom stereocenters. The van der Waals surface area contributed by atoms with Crippen LogP contribution in [-0.2, 0) is 11.1 Å². The van der Waals surface area contributed by atoms with Crippen LogP contribution < -0.4 is 0 Å². The maximum Gasteiger partial charge on any atom is 0.186 e. The predicted octanol–water partition coefficient (Wildman–Crippen LogP) is 2.79. The van der Waals surface area contributed by atoms with Gasteiger partial charge in [-0.15, -0.1) is 0 Å². The number of halogens is 2. The Kier molecular flexibility index (Phi) is 3.24. The van der Waals surface area contributed by atoms with E-state index in [0.717, 1.165) is 8.95 Å². The molecule has 0 heterocycles. The van der Waals surface area contributed by atoms with Crippen LogP contribution in [0.3, 0.4) is 0 Å². The van der Waals surface area contributed by atoms with Crippen molar-refractivity contribution in [2.75, 3.05) is 0 Å². The molecule has 0 fully saturated rings. The number of hydrogen-bond acceptors (Lipinski definition) is 1. The highest BCUT2D eigenvalue weighted by molar-refractivity contribution is 9.11. The smallest absolute Gasteiger partial charge is 0.186 e. The highest BCUT2D eigenvalue weighted by Crippen LogP contribution is 2.21. The van der Waals surface area contributed by atoms with Gasteiger partial charge in [-0.1, -0.05) is 31.9 Å². The summed E-state index contributed by atoms with van der Waals surface area (Å²) >= 11 is 4.50. The van der Waals surface area contributed by atoms with Gasteiger partial charge in [-0.3, -0.25) is 0 Å². The minimum Gasteiger partial charge on any atom is -0.302 e. The van der Waals surface area contributed by atoms with E-state index in [0.29, 0.717) is 4.90 Å². The Labute approximate surface area is 83.5 Å². The van der Waals surface area contributed by atoms with Crippen molar-refractivity contribution in [1.29, 1.82) is 0 Å². The SMILES string of the molecule is O=S(O)c1cc(Br)cc(Br)c1. The summed E-state index contributed by atoms with van der Waals surface area (Å²) in [5.41, 5.74) is 0. The molecule has 1 unspecified atom stereocenters. The number of hydrogen-bond donors (Lipinski definition) is 1. The van der Waals surface area contributed by atoms with Crippen LogP contribution in [-0.4, -0.2) is 8.76 Å². The summed E-state index contributed by atoms with van der Waals surface area (Å²) in [7, 11) is 0. The Bertz CT molecular complexity index is 280. The number of rotatable bonds is 1. The van der Waals surface area contributed by atoms with E-state index in [9.17, 15) is 4.21 Å².